The Bertz CT molecular complexity index is 1360. The largest absolute Gasteiger partial charge is 0.416 e. The van der Waals surface area contributed by atoms with Gasteiger partial charge in [-0.2, -0.15) is 26.3 Å². The molecule has 0 aliphatic carbocycles. The van der Waals surface area contributed by atoms with Gasteiger partial charge in [-0.05, 0) is 46.5 Å². The van der Waals surface area contributed by atoms with Gasteiger partial charge in [-0.25, -0.2) is 0 Å². The third-order valence-electron chi connectivity index (χ3n) is 6.38. The van der Waals surface area contributed by atoms with E-state index in [0.29, 0.717) is 5.56 Å². The van der Waals surface area contributed by atoms with Gasteiger partial charge in [0.25, 0.3) is 0 Å². The molecule has 0 fully saturated rings. The van der Waals surface area contributed by atoms with Gasteiger partial charge in [0.2, 0.25) is 5.91 Å². The highest BCUT2D eigenvalue weighted by Crippen LogP contribution is 2.39. The summed E-state index contributed by atoms with van der Waals surface area (Å²) in [7, 11) is 0. The monoisotopic (exact) mass is 557 g/mol. The van der Waals surface area contributed by atoms with Crippen molar-refractivity contribution >= 4 is 5.91 Å². The molecule has 208 valence electrons. The van der Waals surface area contributed by atoms with Crippen molar-refractivity contribution in [1.29, 1.82) is 0 Å². The zero-order valence-corrected chi connectivity index (χ0v) is 21.1. The Morgan fingerprint density at radius 3 is 1.52 bits per heavy atom. The first-order valence-corrected chi connectivity index (χ1v) is 12.3. The average Bonchev–Trinajstić information content (AvgIpc) is 2.93. The fraction of sp³-hybridized carbons (Fsp3) is 0.194. The Labute approximate surface area is 227 Å². The minimum Gasteiger partial charge on any atom is -0.367 e. The van der Waals surface area contributed by atoms with E-state index in [1.165, 1.54) is 24.3 Å². The van der Waals surface area contributed by atoms with Crippen LogP contribution in [0, 0.1) is 0 Å². The Morgan fingerprint density at radius 2 is 1.05 bits per heavy atom. The summed E-state index contributed by atoms with van der Waals surface area (Å²) in [6, 6.07) is 26.0. The molecule has 0 radical (unpaired) electrons. The van der Waals surface area contributed by atoms with E-state index in [1.54, 1.807) is 54.6 Å². The zero-order chi connectivity index (χ0) is 28.8. The summed E-state index contributed by atoms with van der Waals surface area (Å²) in [6.07, 6.45) is -9.56. The number of amides is 1. The lowest BCUT2D eigenvalue weighted by Crippen LogP contribution is -2.50. The van der Waals surface area contributed by atoms with Crippen LogP contribution in [-0.2, 0) is 40.5 Å². The fourth-order valence-corrected chi connectivity index (χ4v) is 4.49. The molecular weight excluding hydrogens is 532 g/mol. The molecule has 0 heterocycles. The quantitative estimate of drug-likeness (QED) is 0.216. The zero-order valence-electron chi connectivity index (χ0n) is 21.1. The molecule has 1 N–H and O–H groups in total. The Morgan fingerprint density at radius 1 is 0.600 bits per heavy atom. The van der Waals surface area contributed by atoms with Crippen LogP contribution in [0.2, 0.25) is 0 Å². The number of rotatable bonds is 9. The molecule has 0 saturated carbocycles. The molecular formula is C31H25F6NO2. The number of carbonyl (C=O) groups excluding carboxylic acids is 1. The second-order valence-corrected chi connectivity index (χ2v) is 9.25. The number of carbonyl (C=O) groups is 1. The molecule has 0 atom stereocenters. The van der Waals surface area contributed by atoms with Crippen LogP contribution in [0.4, 0.5) is 26.3 Å². The molecule has 9 heteroatoms. The van der Waals surface area contributed by atoms with Gasteiger partial charge >= 0.3 is 12.4 Å². The highest BCUT2D eigenvalue weighted by Gasteiger charge is 2.40. The molecule has 0 spiro atoms. The van der Waals surface area contributed by atoms with Crippen molar-refractivity contribution < 1.29 is 35.9 Å². The number of hydrogen-bond donors (Lipinski definition) is 1. The summed E-state index contributed by atoms with van der Waals surface area (Å²) in [4.78, 5) is 13.3. The molecule has 40 heavy (non-hydrogen) atoms. The fourth-order valence-electron chi connectivity index (χ4n) is 4.49. The standard InChI is InChI=1S/C31H25F6NO2/c32-30(33,34)26-15-7-13-24(17-26)29(19-22-9-3-1-4-10-22,25-14-8-16-27(18-25)31(35,36)37)38-28(39)21-40-20-23-11-5-2-6-12-23/h1-18H,19-21H2,(H,38,39). The predicted molar refractivity (Wildman–Crippen MR) is 138 cm³/mol. The second kappa shape index (κ2) is 12.0. The van der Waals surface area contributed by atoms with Crippen molar-refractivity contribution in [3.05, 3.63) is 143 Å². The molecule has 4 aromatic carbocycles. The minimum atomic E-state index is -4.72. The van der Waals surface area contributed by atoms with Gasteiger partial charge in [-0.15, -0.1) is 0 Å². The van der Waals surface area contributed by atoms with Gasteiger partial charge in [0.05, 0.1) is 23.3 Å². The maximum absolute atomic E-state index is 13.7. The lowest BCUT2D eigenvalue weighted by Gasteiger charge is -2.37. The van der Waals surface area contributed by atoms with E-state index in [4.69, 9.17) is 4.74 Å². The van der Waals surface area contributed by atoms with Gasteiger partial charge in [-0.1, -0.05) is 84.9 Å². The number of alkyl halides is 6. The molecule has 0 saturated heterocycles. The molecule has 0 bridgehead atoms. The number of hydrogen-bond acceptors (Lipinski definition) is 2. The van der Waals surface area contributed by atoms with Crippen molar-refractivity contribution in [3.8, 4) is 0 Å². The second-order valence-electron chi connectivity index (χ2n) is 9.25. The molecule has 4 aromatic rings. The van der Waals surface area contributed by atoms with Gasteiger partial charge in [0.1, 0.15) is 6.61 Å². The van der Waals surface area contributed by atoms with Gasteiger partial charge in [-0.3, -0.25) is 4.79 Å². The van der Waals surface area contributed by atoms with E-state index in [9.17, 15) is 31.1 Å². The smallest absolute Gasteiger partial charge is 0.367 e. The van der Waals surface area contributed by atoms with Gasteiger partial charge < -0.3 is 10.1 Å². The molecule has 0 aromatic heterocycles. The summed E-state index contributed by atoms with van der Waals surface area (Å²) in [6.45, 7) is -0.379. The highest BCUT2D eigenvalue weighted by molar-refractivity contribution is 5.79. The first kappa shape index (κ1) is 28.9. The lowest BCUT2D eigenvalue weighted by atomic mass is 9.77. The SMILES string of the molecule is O=C(COCc1ccccc1)NC(Cc1ccccc1)(c1cccc(C(F)(F)F)c1)c1cccc(C(F)(F)F)c1. The maximum Gasteiger partial charge on any atom is 0.416 e. The average molecular weight is 558 g/mol. The van der Waals surface area contributed by atoms with Crippen molar-refractivity contribution in [2.24, 2.45) is 0 Å². The van der Waals surface area contributed by atoms with Crippen molar-refractivity contribution in [1.82, 2.24) is 5.32 Å². The molecule has 0 aliphatic heterocycles. The van der Waals surface area contributed by atoms with Crippen LogP contribution in [0.5, 0.6) is 0 Å². The van der Waals surface area contributed by atoms with Crippen LogP contribution in [0.15, 0.2) is 109 Å². The van der Waals surface area contributed by atoms with Crippen LogP contribution < -0.4 is 5.32 Å². The van der Waals surface area contributed by atoms with E-state index in [1.807, 2.05) is 6.07 Å². The first-order chi connectivity index (χ1) is 19.0. The van der Waals surface area contributed by atoms with Gasteiger partial charge in [0, 0.05) is 6.42 Å². The van der Waals surface area contributed by atoms with E-state index in [2.05, 4.69) is 5.32 Å². The van der Waals surface area contributed by atoms with Crippen LogP contribution in [0.3, 0.4) is 0 Å². The molecule has 3 nitrogen and oxygen atoms in total. The number of benzene rings is 4. The van der Waals surface area contributed by atoms with Crippen molar-refractivity contribution in [2.45, 2.75) is 30.9 Å². The summed E-state index contributed by atoms with van der Waals surface area (Å²) in [5.74, 6) is -0.707. The number of nitrogens with one attached hydrogen (secondary N) is 1. The number of halogens is 6. The van der Waals surface area contributed by atoms with Crippen molar-refractivity contribution in [2.75, 3.05) is 6.61 Å². The molecule has 0 aliphatic rings. The van der Waals surface area contributed by atoms with Crippen LogP contribution >= 0.6 is 0 Å². The minimum absolute atomic E-state index is 0.0260. The topological polar surface area (TPSA) is 38.3 Å². The first-order valence-electron chi connectivity index (χ1n) is 12.3. The molecule has 4 rings (SSSR count). The van der Waals surface area contributed by atoms with E-state index in [0.717, 1.165) is 29.8 Å². The molecule has 1 amide bonds. The number of ether oxygens (including phenoxy) is 1. The van der Waals surface area contributed by atoms with E-state index < -0.39 is 41.5 Å². The Hall–Kier alpha value is -4.11. The third kappa shape index (κ3) is 7.09. The lowest BCUT2D eigenvalue weighted by molar-refractivity contribution is -0.138. The van der Waals surface area contributed by atoms with Crippen LogP contribution in [-0.4, -0.2) is 12.5 Å². The third-order valence-corrected chi connectivity index (χ3v) is 6.38. The van der Waals surface area contributed by atoms with E-state index in [-0.39, 0.29) is 24.2 Å². The summed E-state index contributed by atoms with van der Waals surface area (Å²) >= 11 is 0. The van der Waals surface area contributed by atoms with Gasteiger partial charge in [0.15, 0.2) is 0 Å². The van der Waals surface area contributed by atoms with Crippen LogP contribution in [0.1, 0.15) is 33.4 Å². The van der Waals surface area contributed by atoms with Crippen LogP contribution in [0.25, 0.3) is 0 Å². The Kier molecular flexibility index (Phi) is 8.64. The normalized spacial score (nSPS) is 12.2. The summed E-state index contributed by atoms with van der Waals surface area (Å²) in [5, 5.41) is 2.76. The maximum atomic E-state index is 13.7. The summed E-state index contributed by atoms with van der Waals surface area (Å²) in [5.41, 5.74) is -2.46. The van der Waals surface area contributed by atoms with E-state index >= 15 is 0 Å². The van der Waals surface area contributed by atoms with Crippen molar-refractivity contribution in [3.63, 3.8) is 0 Å². The predicted octanol–water partition coefficient (Wildman–Crippen LogP) is 7.54. The highest BCUT2D eigenvalue weighted by atomic mass is 19.4. The molecule has 0 unspecified atom stereocenters. The Balaban J connectivity index is 1.82. The summed E-state index contributed by atoms with van der Waals surface area (Å²) < 4.78 is 88.0.